The number of rotatable bonds is 6. The molecule has 0 aliphatic carbocycles. The Balaban J connectivity index is 2.29. The predicted octanol–water partition coefficient (Wildman–Crippen LogP) is 3.73. The van der Waals surface area contributed by atoms with Crippen LogP contribution in [-0.4, -0.2) is 24.0 Å². The fourth-order valence-corrected chi connectivity index (χ4v) is 3.37. The van der Waals surface area contributed by atoms with Gasteiger partial charge in [-0.1, -0.05) is 11.6 Å². The van der Waals surface area contributed by atoms with Gasteiger partial charge < -0.3 is 15.2 Å². The normalized spacial score (nSPS) is 10.7. The SMILES string of the molecule is CCN(CC)c1cc(Cl)cc(C(=O)NCc2c(C)cc(C)[nH]c2=O)c1C. The molecule has 0 aliphatic heterocycles. The largest absolute Gasteiger partial charge is 0.372 e. The first kappa shape index (κ1) is 20.0. The second-order valence-corrected chi connectivity index (χ2v) is 6.83. The van der Waals surface area contributed by atoms with Crippen LogP contribution < -0.4 is 15.8 Å². The Morgan fingerprint density at radius 1 is 1.15 bits per heavy atom. The summed E-state index contributed by atoms with van der Waals surface area (Å²) >= 11 is 6.25. The molecular formula is C20H26ClN3O2. The minimum atomic E-state index is -0.238. The number of nitrogens with zero attached hydrogens (tertiary/aromatic N) is 1. The molecule has 0 spiro atoms. The summed E-state index contributed by atoms with van der Waals surface area (Å²) in [5, 5.41) is 3.37. The summed E-state index contributed by atoms with van der Waals surface area (Å²) in [6.07, 6.45) is 0. The fourth-order valence-electron chi connectivity index (χ4n) is 3.16. The zero-order valence-electron chi connectivity index (χ0n) is 16.0. The predicted molar refractivity (Wildman–Crippen MR) is 107 cm³/mol. The number of amides is 1. The molecule has 1 heterocycles. The Labute approximate surface area is 159 Å². The molecule has 2 rings (SSSR count). The molecule has 1 amide bonds. The minimum absolute atomic E-state index is 0.172. The second-order valence-electron chi connectivity index (χ2n) is 6.40. The smallest absolute Gasteiger partial charge is 0.253 e. The van der Waals surface area contributed by atoms with Crippen LogP contribution in [0.3, 0.4) is 0 Å². The standard InChI is InChI=1S/C20H26ClN3O2/c1-6-24(7-2)18-10-15(21)9-16(14(18)5)19(25)22-11-17-12(3)8-13(4)23-20(17)26/h8-10H,6-7,11H2,1-5H3,(H,22,25)(H,23,26). The zero-order chi connectivity index (χ0) is 19.4. The average Bonchev–Trinajstić information content (AvgIpc) is 2.57. The summed E-state index contributed by atoms with van der Waals surface area (Å²) in [6.45, 7) is 11.6. The van der Waals surface area contributed by atoms with E-state index in [-0.39, 0.29) is 18.0 Å². The second kappa shape index (κ2) is 8.41. The van der Waals surface area contributed by atoms with Crippen molar-refractivity contribution >= 4 is 23.2 Å². The number of pyridine rings is 1. The number of halogens is 1. The van der Waals surface area contributed by atoms with Crippen molar-refractivity contribution in [3.8, 4) is 0 Å². The van der Waals surface area contributed by atoms with Crippen molar-refractivity contribution in [2.24, 2.45) is 0 Å². The van der Waals surface area contributed by atoms with E-state index in [4.69, 9.17) is 11.6 Å². The maximum Gasteiger partial charge on any atom is 0.253 e. The molecule has 140 valence electrons. The highest BCUT2D eigenvalue weighted by Gasteiger charge is 2.17. The Hall–Kier alpha value is -2.27. The number of hydrogen-bond donors (Lipinski definition) is 2. The molecule has 0 saturated heterocycles. The maximum absolute atomic E-state index is 12.7. The molecule has 1 aromatic heterocycles. The molecule has 26 heavy (non-hydrogen) atoms. The molecular weight excluding hydrogens is 350 g/mol. The highest BCUT2D eigenvalue weighted by Crippen LogP contribution is 2.28. The maximum atomic E-state index is 12.7. The molecule has 0 saturated carbocycles. The number of H-pyrrole nitrogens is 1. The van der Waals surface area contributed by atoms with E-state index in [1.54, 1.807) is 6.07 Å². The molecule has 0 aliphatic rings. The Kier molecular flexibility index (Phi) is 6.48. The molecule has 2 aromatic rings. The van der Waals surface area contributed by atoms with Crippen LogP contribution in [0.4, 0.5) is 5.69 Å². The molecule has 0 atom stereocenters. The Morgan fingerprint density at radius 3 is 2.38 bits per heavy atom. The number of aromatic nitrogens is 1. The van der Waals surface area contributed by atoms with Gasteiger partial charge in [0.25, 0.3) is 11.5 Å². The van der Waals surface area contributed by atoms with Crippen molar-refractivity contribution in [1.29, 1.82) is 0 Å². The third kappa shape index (κ3) is 4.28. The van der Waals surface area contributed by atoms with E-state index >= 15 is 0 Å². The van der Waals surface area contributed by atoms with Crippen LogP contribution in [-0.2, 0) is 6.54 Å². The summed E-state index contributed by atoms with van der Waals surface area (Å²) in [7, 11) is 0. The quantitative estimate of drug-likeness (QED) is 0.808. The Morgan fingerprint density at radius 2 is 1.81 bits per heavy atom. The lowest BCUT2D eigenvalue weighted by Gasteiger charge is -2.24. The molecule has 1 aromatic carbocycles. The van der Waals surface area contributed by atoms with Crippen LogP contribution >= 0.6 is 11.6 Å². The van der Waals surface area contributed by atoms with Gasteiger partial charge in [-0.05, 0) is 63.9 Å². The average molecular weight is 376 g/mol. The summed E-state index contributed by atoms with van der Waals surface area (Å²) < 4.78 is 0. The van der Waals surface area contributed by atoms with Gasteiger partial charge in [0.15, 0.2) is 0 Å². The molecule has 5 nitrogen and oxygen atoms in total. The molecule has 0 unspecified atom stereocenters. The minimum Gasteiger partial charge on any atom is -0.372 e. The topological polar surface area (TPSA) is 65.2 Å². The summed E-state index contributed by atoms with van der Waals surface area (Å²) in [5.74, 6) is -0.238. The zero-order valence-corrected chi connectivity index (χ0v) is 16.8. The monoisotopic (exact) mass is 375 g/mol. The van der Waals surface area contributed by atoms with Crippen molar-refractivity contribution in [2.45, 2.75) is 41.2 Å². The van der Waals surface area contributed by atoms with Crippen LogP contribution in [0, 0.1) is 20.8 Å². The van der Waals surface area contributed by atoms with Gasteiger partial charge in [0, 0.05) is 47.2 Å². The molecule has 0 bridgehead atoms. The number of benzene rings is 1. The Bertz CT molecular complexity index is 870. The molecule has 2 N–H and O–H groups in total. The van der Waals surface area contributed by atoms with Gasteiger partial charge >= 0.3 is 0 Å². The number of carbonyl (C=O) groups is 1. The third-order valence-electron chi connectivity index (χ3n) is 4.61. The fraction of sp³-hybridized carbons (Fsp3) is 0.400. The number of aryl methyl sites for hydroxylation is 2. The lowest BCUT2D eigenvalue weighted by atomic mass is 10.0. The van der Waals surface area contributed by atoms with Gasteiger partial charge in [0.05, 0.1) is 0 Å². The van der Waals surface area contributed by atoms with E-state index in [2.05, 4.69) is 29.0 Å². The van der Waals surface area contributed by atoms with Crippen LogP contribution in [0.1, 0.15) is 46.6 Å². The van der Waals surface area contributed by atoms with Crippen LogP contribution in [0.5, 0.6) is 0 Å². The van der Waals surface area contributed by atoms with Crippen molar-refractivity contribution in [2.75, 3.05) is 18.0 Å². The van der Waals surface area contributed by atoms with E-state index < -0.39 is 0 Å². The van der Waals surface area contributed by atoms with Gasteiger partial charge in [0.1, 0.15) is 0 Å². The first-order valence-corrected chi connectivity index (χ1v) is 9.18. The van der Waals surface area contributed by atoms with Gasteiger partial charge in [0.2, 0.25) is 0 Å². The van der Waals surface area contributed by atoms with Crippen LogP contribution in [0.25, 0.3) is 0 Å². The number of carbonyl (C=O) groups excluding carboxylic acids is 1. The number of anilines is 1. The van der Waals surface area contributed by atoms with Gasteiger partial charge in [-0.3, -0.25) is 9.59 Å². The van der Waals surface area contributed by atoms with E-state index in [0.29, 0.717) is 16.1 Å². The van der Waals surface area contributed by atoms with Gasteiger partial charge in [-0.2, -0.15) is 0 Å². The van der Waals surface area contributed by atoms with Crippen molar-refractivity contribution in [3.05, 3.63) is 61.5 Å². The third-order valence-corrected chi connectivity index (χ3v) is 4.83. The van der Waals surface area contributed by atoms with E-state index in [9.17, 15) is 9.59 Å². The van der Waals surface area contributed by atoms with Crippen molar-refractivity contribution < 1.29 is 4.79 Å². The number of nitrogens with one attached hydrogen (secondary N) is 2. The molecule has 6 heteroatoms. The highest BCUT2D eigenvalue weighted by atomic mass is 35.5. The summed E-state index contributed by atoms with van der Waals surface area (Å²) in [4.78, 5) is 29.8. The number of hydrogen-bond acceptors (Lipinski definition) is 3. The first-order valence-electron chi connectivity index (χ1n) is 8.81. The van der Waals surface area contributed by atoms with Crippen molar-refractivity contribution in [3.63, 3.8) is 0 Å². The van der Waals surface area contributed by atoms with E-state index in [0.717, 1.165) is 35.6 Å². The summed E-state index contributed by atoms with van der Waals surface area (Å²) in [6, 6.07) is 5.45. The number of aromatic amines is 1. The van der Waals surface area contributed by atoms with E-state index in [1.807, 2.05) is 32.9 Å². The van der Waals surface area contributed by atoms with E-state index in [1.165, 1.54) is 0 Å². The first-order chi connectivity index (χ1) is 12.3. The molecule has 0 radical (unpaired) electrons. The van der Waals surface area contributed by atoms with Gasteiger partial charge in [-0.15, -0.1) is 0 Å². The van der Waals surface area contributed by atoms with Crippen molar-refractivity contribution in [1.82, 2.24) is 10.3 Å². The van der Waals surface area contributed by atoms with Gasteiger partial charge in [-0.25, -0.2) is 0 Å². The summed E-state index contributed by atoms with van der Waals surface area (Å²) in [5.41, 5.74) is 4.42. The lowest BCUT2D eigenvalue weighted by Crippen LogP contribution is -2.29. The molecule has 0 fully saturated rings. The lowest BCUT2D eigenvalue weighted by molar-refractivity contribution is 0.0950. The van der Waals surface area contributed by atoms with Crippen LogP contribution in [0.2, 0.25) is 5.02 Å². The highest BCUT2D eigenvalue weighted by molar-refractivity contribution is 6.31. The van der Waals surface area contributed by atoms with Crippen LogP contribution in [0.15, 0.2) is 23.0 Å².